The van der Waals surface area contributed by atoms with E-state index in [1.165, 1.54) is 36.6 Å². The molecule has 0 aliphatic carbocycles. The molecule has 0 unspecified atom stereocenters. The van der Waals surface area contributed by atoms with Gasteiger partial charge in [0.05, 0.1) is 10.9 Å². The zero-order valence-corrected chi connectivity index (χ0v) is 17.4. The fourth-order valence-corrected chi connectivity index (χ4v) is 3.85. The highest BCUT2D eigenvalue weighted by molar-refractivity contribution is 5.86. The number of esters is 1. The van der Waals surface area contributed by atoms with Gasteiger partial charge in [0, 0.05) is 35.2 Å². The Kier molecular flexibility index (Phi) is 5.24. The van der Waals surface area contributed by atoms with E-state index < -0.39 is 17.8 Å². The molecule has 0 fully saturated rings. The summed E-state index contributed by atoms with van der Waals surface area (Å²) in [7, 11) is 0. The standard InChI is InChI=1S/C26H19FN2O4/c27-21-7-3-1-6-18(21)20-14-32-24-12-16(9-10-19(24)25(20)30)33-26(31)22(28)11-15-13-29-23-8-4-2-5-17(15)23/h1-10,12-14,22,29H,11,28H2/t22-/m1/s1. The molecule has 164 valence electrons. The minimum absolute atomic E-state index is 0.117. The third-order valence-electron chi connectivity index (χ3n) is 5.55. The molecule has 0 aliphatic heterocycles. The second kappa shape index (κ2) is 8.37. The van der Waals surface area contributed by atoms with E-state index in [4.69, 9.17) is 14.9 Å². The number of carbonyl (C=O) groups is 1. The van der Waals surface area contributed by atoms with E-state index in [9.17, 15) is 14.0 Å². The Labute approximate surface area is 187 Å². The van der Waals surface area contributed by atoms with Gasteiger partial charge in [-0.2, -0.15) is 0 Å². The summed E-state index contributed by atoms with van der Waals surface area (Å²) >= 11 is 0. The van der Waals surface area contributed by atoms with Crippen LogP contribution < -0.4 is 15.9 Å². The van der Waals surface area contributed by atoms with Crippen molar-refractivity contribution in [3.63, 3.8) is 0 Å². The lowest BCUT2D eigenvalue weighted by Crippen LogP contribution is -2.36. The number of para-hydroxylation sites is 1. The lowest BCUT2D eigenvalue weighted by molar-refractivity contribution is -0.135. The Morgan fingerprint density at radius 1 is 1.03 bits per heavy atom. The van der Waals surface area contributed by atoms with E-state index in [2.05, 4.69) is 4.98 Å². The van der Waals surface area contributed by atoms with Gasteiger partial charge in [-0.1, -0.05) is 36.4 Å². The Hall–Kier alpha value is -4.23. The first-order valence-corrected chi connectivity index (χ1v) is 10.3. The summed E-state index contributed by atoms with van der Waals surface area (Å²) < 4.78 is 25.1. The summed E-state index contributed by atoms with van der Waals surface area (Å²) in [6.45, 7) is 0. The molecule has 2 heterocycles. The van der Waals surface area contributed by atoms with E-state index in [-0.39, 0.29) is 33.3 Å². The summed E-state index contributed by atoms with van der Waals surface area (Å²) in [5.41, 5.74) is 8.08. The molecule has 5 rings (SSSR count). The van der Waals surface area contributed by atoms with Crippen molar-refractivity contribution in [2.75, 3.05) is 0 Å². The van der Waals surface area contributed by atoms with Gasteiger partial charge in [-0.15, -0.1) is 0 Å². The van der Waals surface area contributed by atoms with Gasteiger partial charge in [-0.3, -0.25) is 4.79 Å². The molecule has 0 bridgehead atoms. The van der Waals surface area contributed by atoms with Crippen molar-refractivity contribution < 1.29 is 18.3 Å². The van der Waals surface area contributed by atoms with Crippen LogP contribution >= 0.6 is 0 Å². The molecular formula is C26H19FN2O4. The fraction of sp³-hybridized carbons (Fsp3) is 0.0769. The Morgan fingerprint density at radius 3 is 2.67 bits per heavy atom. The number of ether oxygens (including phenoxy) is 1. The molecule has 5 aromatic rings. The van der Waals surface area contributed by atoms with Crippen molar-refractivity contribution in [1.82, 2.24) is 4.98 Å². The van der Waals surface area contributed by atoms with Crippen LogP contribution in [0.1, 0.15) is 5.56 Å². The first-order valence-electron chi connectivity index (χ1n) is 10.3. The molecule has 3 N–H and O–H groups in total. The summed E-state index contributed by atoms with van der Waals surface area (Å²) in [6.07, 6.45) is 3.34. The Balaban J connectivity index is 1.37. The Morgan fingerprint density at radius 2 is 1.82 bits per heavy atom. The van der Waals surface area contributed by atoms with Gasteiger partial charge < -0.3 is 19.9 Å². The van der Waals surface area contributed by atoms with E-state index in [1.807, 2.05) is 30.5 Å². The average Bonchev–Trinajstić information content (AvgIpc) is 3.23. The van der Waals surface area contributed by atoms with E-state index >= 15 is 0 Å². The SMILES string of the molecule is N[C@H](Cc1c[nH]c2ccccc12)C(=O)Oc1ccc2c(=O)c(-c3ccccc3F)coc2c1. The van der Waals surface area contributed by atoms with Crippen LogP contribution in [0.4, 0.5) is 4.39 Å². The maximum atomic E-state index is 14.1. The zero-order valence-electron chi connectivity index (χ0n) is 17.4. The summed E-state index contributed by atoms with van der Waals surface area (Å²) in [4.78, 5) is 28.6. The van der Waals surface area contributed by atoms with Crippen LogP contribution in [0.15, 0.2) is 88.4 Å². The molecule has 33 heavy (non-hydrogen) atoms. The lowest BCUT2D eigenvalue weighted by Gasteiger charge is -2.11. The number of hydrogen-bond donors (Lipinski definition) is 2. The third-order valence-corrected chi connectivity index (χ3v) is 5.55. The third kappa shape index (κ3) is 3.90. The molecule has 6 nitrogen and oxygen atoms in total. The predicted octanol–water partition coefficient (Wildman–Crippen LogP) is 4.56. The molecule has 0 spiro atoms. The van der Waals surface area contributed by atoms with Crippen LogP contribution in [-0.2, 0) is 11.2 Å². The van der Waals surface area contributed by atoms with Gasteiger partial charge >= 0.3 is 5.97 Å². The first-order chi connectivity index (χ1) is 16.0. The topological polar surface area (TPSA) is 98.3 Å². The van der Waals surface area contributed by atoms with Gasteiger partial charge in [0.1, 0.15) is 29.5 Å². The highest BCUT2D eigenvalue weighted by atomic mass is 19.1. The molecule has 1 atom stereocenters. The average molecular weight is 442 g/mol. The van der Waals surface area contributed by atoms with Crippen LogP contribution in [0, 0.1) is 5.82 Å². The molecular weight excluding hydrogens is 423 g/mol. The second-order valence-electron chi connectivity index (χ2n) is 7.71. The monoisotopic (exact) mass is 442 g/mol. The molecule has 0 radical (unpaired) electrons. The van der Waals surface area contributed by atoms with Crippen LogP contribution in [0.5, 0.6) is 5.75 Å². The minimum atomic E-state index is -0.879. The van der Waals surface area contributed by atoms with E-state index in [0.717, 1.165) is 16.5 Å². The van der Waals surface area contributed by atoms with Crippen molar-refractivity contribution in [3.05, 3.63) is 101 Å². The molecule has 0 amide bonds. The number of aromatic amines is 1. The molecule has 2 aromatic heterocycles. The number of H-pyrrole nitrogens is 1. The van der Waals surface area contributed by atoms with E-state index in [1.54, 1.807) is 12.1 Å². The van der Waals surface area contributed by atoms with Gasteiger partial charge in [0.2, 0.25) is 5.43 Å². The lowest BCUT2D eigenvalue weighted by atomic mass is 10.0. The van der Waals surface area contributed by atoms with Crippen LogP contribution in [-0.4, -0.2) is 17.0 Å². The highest BCUT2D eigenvalue weighted by Gasteiger charge is 2.19. The number of hydrogen-bond acceptors (Lipinski definition) is 5. The molecule has 0 aliphatic rings. The predicted molar refractivity (Wildman–Crippen MR) is 123 cm³/mol. The van der Waals surface area contributed by atoms with Crippen molar-refractivity contribution in [2.45, 2.75) is 12.5 Å². The van der Waals surface area contributed by atoms with Gasteiger partial charge in [0.15, 0.2) is 0 Å². The largest absolute Gasteiger partial charge is 0.463 e. The summed E-state index contributed by atoms with van der Waals surface area (Å²) in [5, 5.41) is 1.25. The molecule has 3 aromatic carbocycles. The van der Waals surface area contributed by atoms with Crippen molar-refractivity contribution in [3.8, 4) is 16.9 Å². The van der Waals surface area contributed by atoms with Crippen LogP contribution in [0.3, 0.4) is 0 Å². The normalized spacial score (nSPS) is 12.2. The van der Waals surface area contributed by atoms with Crippen molar-refractivity contribution in [1.29, 1.82) is 0 Å². The number of carbonyl (C=O) groups excluding carboxylic acids is 1. The van der Waals surface area contributed by atoms with Gasteiger partial charge in [0.25, 0.3) is 0 Å². The summed E-state index contributed by atoms with van der Waals surface area (Å²) in [6, 6.07) is 17.3. The van der Waals surface area contributed by atoms with E-state index in [0.29, 0.717) is 6.42 Å². The number of rotatable bonds is 5. The number of fused-ring (bicyclic) bond motifs is 2. The Bertz CT molecular complexity index is 1550. The number of halogens is 1. The molecule has 0 saturated carbocycles. The maximum absolute atomic E-state index is 14.1. The van der Waals surface area contributed by atoms with Crippen molar-refractivity contribution >= 4 is 27.8 Å². The number of nitrogens with two attached hydrogens (primary N) is 1. The molecule has 7 heteroatoms. The van der Waals surface area contributed by atoms with Crippen LogP contribution in [0.25, 0.3) is 33.0 Å². The van der Waals surface area contributed by atoms with Gasteiger partial charge in [-0.05, 0) is 29.8 Å². The second-order valence-corrected chi connectivity index (χ2v) is 7.71. The van der Waals surface area contributed by atoms with Crippen LogP contribution in [0.2, 0.25) is 0 Å². The minimum Gasteiger partial charge on any atom is -0.463 e. The summed E-state index contributed by atoms with van der Waals surface area (Å²) in [5.74, 6) is -0.924. The van der Waals surface area contributed by atoms with Crippen molar-refractivity contribution in [2.24, 2.45) is 5.73 Å². The molecule has 0 saturated heterocycles. The number of benzene rings is 3. The fourth-order valence-electron chi connectivity index (χ4n) is 3.85. The smallest absolute Gasteiger partial charge is 0.328 e. The highest BCUT2D eigenvalue weighted by Crippen LogP contribution is 2.25. The maximum Gasteiger partial charge on any atom is 0.328 e. The zero-order chi connectivity index (χ0) is 22.9. The first kappa shape index (κ1) is 20.7. The number of nitrogens with one attached hydrogen (secondary N) is 1. The number of aromatic nitrogens is 1. The van der Waals surface area contributed by atoms with Gasteiger partial charge in [-0.25, -0.2) is 9.18 Å². The quantitative estimate of drug-likeness (QED) is 0.307.